The maximum atomic E-state index is 12.1. The number of hydrogen-bond donors (Lipinski definition) is 2. The molecular weight excluding hydrogens is 374 g/mol. The van der Waals surface area contributed by atoms with E-state index in [1.165, 1.54) is 13.2 Å². The molecule has 142 valence electrons. The van der Waals surface area contributed by atoms with Gasteiger partial charge in [0.05, 0.1) is 13.3 Å². The molecule has 2 heterocycles. The molecule has 2 N–H and O–H groups in total. The van der Waals surface area contributed by atoms with Crippen LogP contribution in [0.25, 0.3) is 11.0 Å². The van der Waals surface area contributed by atoms with Crippen molar-refractivity contribution < 1.29 is 19.2 Å². The molecule has 10 heteroatoms. The lowest BCUT2D eigenvalue weighted by atomic mass is 10.0. The number of benzene rings is 1. The normalized spacial score (nSPS) is 10.8. The van der Waals surface area contributed by atoms with Gasteiger partial charge in [-0.05, 0) is 30.5 Å². The number of carbonyl (C=O) groups excluding carboxylic acids is 1. The van der Waals surface area contributed by atoms with E-state index < -0.39 is 5.63 Å². The number of thiazole rings is 1. The molecule has 3 aromatic rings. The van der Waals surface area contributed by atoms with E-state index in [2.05, 4.69) is 10.3 Å². The SMILES string of the molecule is COc1cc2oc(=O)cc(C)c2cc1CCC(=O)Nc1ncc(N([O-])O)s1. The summed E-state index contributed by atoms with van der Waals surface area (Å²) in [4.78, 5) is 27.5. The van der Waals surface area contributed by atoms with Crippen molar-refractivity contribution in [1.29, 1.82) is 0 Å². The Labute approximate surface area is 157 Å². The Morgan fingerprint density at radius 3 is 2.89 bits per heavy atom. The molecule has 2 aromatic heterocycles. The Hall–Kier alpha value is -2.95. The summed E-state index contributed by atoms with van der Waals surface area (Å²) in [5.41, 5.74) is 1.55. The minimum Gasteiger partial charge on any atom is -0.733 e. The highest BCUT2D eigenvalue weighted by Gasteiger charge is 2.13. The Bertz CT molecular complexity index is 1040. The molecule has 0 aliphatic carbocycles. The zero-order valence-electron chi connectivity index (χ0n) is 14.5. The van der Waals surface area contributed by atoms with Gasteiger partial charge in [-0.1, -0.05) is 11.3 Å². The number of carbonyl (C=O) groups is 1. The molecule has 3 rings (SSSR count). The number of aromatic nitrogens is 1. The quantitative estimate of drug-likeness (QED) is 0.486. The first-order valence-electron chi connectivity index (χ1n) is 7.90. The third kappa shape index (κ3) is 4.25. The van der Waals surface area contributed by atoms with Crippen LogP contribution >= 0.6 is 11.3 Å². The maximum Gasteiger partial charge on any atom is 0.336 e. The Kier molecular flexibility index (Phi) is 5.40. The number of ether oxygens (including phenoxy) is 1. The van der Waals surface area contributed by atoms with Crippen LogP contribution in [0, 0.1) is 12.1 Å². The molecule has 0 aliphatic rings. The molecule has 1 amide bonds. The highest BCUT2D eigenvalue weighted by atomic mass is 32.1. The van der Waals surface area contributed by atoms with Gasteiger partial charge in [0.2, 0.25) is 5.91 Å². The van der Waals surface area contributed by atoms with E-state index >= 15 is 0 Å². The maximum absolute atomic E-state index is 12.1. The summed E-state index contributed by atoms with van der Waals surface area (Å²) in [7, 11) is 1.50. The van der Waals surface area contributed by atoms with E-state index in [0.717, 1.165) is 34.0 Å². The van der Waals surface area contributed by atoms with Crippen molar-refractivity contribution in [2.75, 3.05) is 17.7 Å². The Morgan fingerprint density at radius 1 is 1.44 bits per heavy atom. The van der Waals surface area contributed by atoms with E-state index in [4.69, 9.17) is 14.4 Å². The zero-order valence-corrected chi connectivity index (χ0v) is 15.3. The second-order valence-corrected chi connectivity index (χ2v) is 6.74. The molecule has 0 atom stereocenters. The molecule has 0 spiro atoms. The average molecular weight is 390 g/mol. The molecule has 0 saturated carbocycles. The predicted molar refractivity (Wildman–Crippen MR) is 100 cm³/mol. The van der Waals surface area contributed by atoms with Gasteiger partial charge in [0, 0.05) is 23.9 Å². The summed E-state index contributed by atoms with van der Waals surface area (Å²) in [5, 5.41) is 22.8. The van der Waals surface area contributed by atoms with E-state index in [1.54, 1.807) is 6.07 Å². The molecule has 27 heavy (non-hydrogen) atoms. The van der Waals surface area contributed by atoms with Gasteiger partial charge in [-0.3, -0.25) is 10.0 Å². The minimum absolute atomic E-state index is 0.0292. The van der Waals surface area contributed by atoms with Crippen LogP contribution in [0.15, 0.2) is 33.6 Å². The van der Waals surface area contributed by atoms with Gasteiger partial charge in [-0.15, -0.1) is 0 Å². The third-order valence-corrected chi connectivity index (χ3v) is 4.77. The van der Waals surface area contributed by atoms with Crippen molar-refractivity contribution >= 4 is 38.3 Å². The monoisotopic (exact) mass is 390 g/mol. The van der Waals surface area contributed by atoms with Gasteiger partial charge in [-0.25, -0.2) is 9.78 Å². The number of anilines is 2. The highest BCUT2D eigenvalue weighted by Crippen LogP contribution is 2.29. The largest absolute Gasteiger partial charge is 0.733 e. The second kappa shape index (κ2) is 7.74. The fraction of sp³-hybridized carbons (Fsp3) is 0.235. The van der Waals surface area contributed by atoms with Crippen LogP contribution in [0.1, 0.15) is 17.5 Å². The standard InChI is InChI=1S/C17H16N3O6S/c1-9-5-16(22)26-13-7-12(25-2)10(6-11(9)13)3-4-14(21)19-17-18-8-15(27-17)20(23)24/h5-8,23H,3-4H2,1-2H3,(H,18,19,21)/q-1. The highest BCUT2D eigenvalue weighted by molar-refractivity contribution is 7.19. The van der Waals surface area contributed by atoms with Crippen LogP contribution in [0.5, 0.6) is 5.75 Å². The molecule has 1 aromatic carbocycles. The van der Waals surface area contributed by atoms with Gasteiger partial charge >= 0.3 is 5.63 Å². The van der Waals surface area contributed by atoms with Crippen molar-refractivity contribution in [3.05, 3.63) is 51.2 Å². The van der Waals surface area contributed by atoms with Crippen molar-refractivity contribution in [2.24, 2.45) is 0 Å². The number of fused-ring (bicyclic) bond motifs is 1. The molecule has 0 bridgehead atoms. The third-order valence-electron chi connectivity index (χ3n) is 3.90. The Balaban J connectivity index is 1.75. The van der Waals surface area contributed by atoms with Crippen molar-refractivity contribution in [2.45, 2.75) is 19.8 Å². The number of amides is 1. The smallest absolute Gasteiger partial charge is 0.336 e. The molecule has 0 unspecified atom stereocenters. The molecular formula is C17H16N3O6S-. The van der Waals surface area contributed by atoms with Crippen LogP contribution in [0.3, 0.4) is 0 Å². The lowest BCUT2D eigenvalue weighted by Crippen LogP contribution is -2.12. The van der Waals surface area contributed by atoms with Crippen molar-refractivity contribution in [1.82, 2.24) is 4.98 Å². The molecule has 0 aliphatic heterocycles. The fourth-order valence-corrected chi connectivity index (χ4v) is 3.27. The van der Waals surface area contributed by atoms with E-state index in [0.29, 0.717) is 17.8 Å². The van der Waals surface area contributed by atoms with Crippen LogP contribution in [-0.4, -0.2) is 23.2 Å². The topological polar surface area (TPSA) is 128 Å². The van der Waals surface area contributed by atoms with Crippen LogP contribution in [0.2, 0.25) is 0 Å². The van der Waals surface area contributed by atoms with Gasteiger partial charge < -0.3 is 24.9 Å². The summed E-state index contributed by atoms with van der Waals surface area (Å²) in [6.45, 7) is 1.81. The van der Waals surface area contributed by atoms with E-state index in [-0.39, 0.29) is 27.7 Å². The zero-order chi connectivity index (χ0) is 19.6. The van der Waals surface area contributed by atoms with Crippen molar-refractivity contribution in [3.8, 4) is 5.75 Å². The summed E-state index contributed by atoms with van der Waals surface area (Å²) >= 11 is 0.857. The summed E-state index contributed by atoms with van der Waals surface area (Å²) < 4.78 is 10.5. The summed E-state index contributed by atoms with van der Waals surface area (Å²) in [5.74, 6) is 0.215. The van der Waals surface area contributed by atoms with E-state index in [1.807, 2.05) is 13.0 Å². The van der Waals surface area contributed by atoms with Crippen LogP contribution in [0.4, 0.5) is 10.1 Å². The first-order valence-corrected chi connectivity index (χ1v) is 8.72. The summed E-state index contributed by atoms with van der Waals surface area (Å²) in [6.07, 6.45) is 1.69. The average Bonchev–Trinajstić information content (AvgIpc) is 3.08. The number of rotatable bonds is 6. The minimum atomic E-state index is -0.434. The van der Waals surface area contributed by atoms with Crippen LogP contribution < -0.4 is 20.9 Å². The number of nitrogens with one attached hydrogen (secondary N) is 1. The predicted octanol–water partition coefficient (Wildman–Crippen LogP) is 2.83. The van der Waals surface area contributed by atoms with Gasteiger partial charge in [0.1, 0.15) is 16.3 Å². The number of aryl methyl sites for hydroxylation is 2. The summed E-state index contributed by atoms with van der Waals surface area (Å²) in [6, 6.07) is 4.88. The lowest BCUT2D eigenvalue weighted by Gasteiger charge is -2.17. The molecule has 0 saturated heterocycles. The molecule has 0 radical (unpaired) electrons. The fourth-order valence-electron chi connectivity index (χ4n) is 2.62. The van der Waals surface area contributed by atoms with Gasteiger partial charge in [0.25, 0.3) is 0 Å². The first-order chi connectivity index (χ1) is 12.9. The number of nitrogens with zero attached hydrogens (tertiary/aromatic N) is 2. The first kappa shape index (κ1) is 18.8. The van der Waals surface area contributed by atoms with Crippen LogP contribution in [-0.2, 0) is 11.2 Å². The lowest BCUT2D eigenvalue weighted by molar-refractivity contribution is -0.116. The van der Waals surface area contributed by atoms with Crippen molar-refractivity contribution in [3.63, 3.8) is 0 Å². The van der Waals surface area contributed by atoms with E-state index in [9.17, 15) is 14.8 Å². The second-order valence-electron chi connectivity index (χ2n) is 5.73. The Morgan fingerprint density at radius 2 is 2.22 bits per heavy atom. The molecule has 9 nitrogen and oxygen atoms in total. The number of hydrogen-bond acceptors (Lipinski definition) is 9. The molecule has 0 fully saturated rings. The number of methoxy groups -OCH3 is 1. The van der Waals surface area contributed by atoms with Gasteiger partial charge in [-0.2, -0.15) is 0 Å². The van der Waals surface area contributed by atoms with Gasteiger partial charge in [0.15, 0.2) is 5.13 Å².